The Bertz CT molecular complexity index is 1430. The molecule has 0 spiro atoms. The minimum absolute atomic E-state index is 0.109. The largest absolute Gasteiger partial charge is 0.507 e. The van der Waals surface area contributed by atoms with Crippen molar-refractivity contribution in [2.24, 2.45) is 0 Å². The third-order valence-electron chi connectivity index (χ3n) is 10.5. The summed E-state index contributed by atoms with van der Waals surface area (Å²) in [5.41, 5.74) is 8.65. The number of hydrogen-bond donors (Lipinski definition) is 3. The molecule has 0 aromatic heterocycles. The fourth-order valence-corrected chi connectivity index (χ4v) is 7.49. The average molecular weight is 658 g/mol. The number of rotatable bonds is 6. The quantitative estimate of drug-likeness (QED) is 0.245. The van der Waals surface area contributed by atoms with E-state index in [2.05, 4.69) is 134 Å². The highest BCUT2D eigenvalue weighted by Crippen LogP contribution is 2.39. The predicted octanol–water partition coefficient (Wildman–Crippen LogP) is 9.48. The van der Waals surface area contributed by atoms with E-state index < -0.39 is 0 Å². The van der Waals surface area contributed by atoms with Crippen LogP contribution in [-0.4, -0.2) is 48.5 Å². The van der Waals surface area contributed by atoms with Crippen molar-refractivity contribution in [1.29, 1.82) is 0 Å². The maximum Gasteiger partial charge on any atom is 0.122 e. The first-order valence-corrected chi connectivity index (χ1v) is 17.7. The van der Waals surface area contributed by atoms with Crippen LogP contribution in [0, 0.1) is 20.8 Å². The van der Waals surface area contributed by atoms with Gasteiger partial charge in [0.1, 0.15) is 17.2 Å². The Morgan fingerprint density at radius 3 is 0.833 bits per heavy atom. The van der Waals surface area contributed by atoms with Crippen molar-refractivity contribution in [3.63, 3.8) is 0 Å². The summed E-state index contributed by atoms with van der Waals surface area (Å²) in [6, 6.07) is 13.0. The summed E-state index contributed by atoms with van der Waals surface area (Å²) >= 11 is 0. The number of aryl methyl sites for hydroxylation is 3. The van der Waals surface area contributed by atoms with Crippen LogP contribution >= 0.6 is 0 Å². The lowest BCUT2D eigenvalue weighted by Crippen LogP contribution is -2.67. The van der Waals surface area contributed by atoms with E-state index in [4.69, 9.17) is 0 Å². The van der Waals surface area contributed by atoms with Gasteiger partial charge in [-0.05, 0) is 108 Å². The van der Waals surface area contributed by atoms with Crippen molar-refractivity contribution in [3.8, 4) is 17.2 Å². The highest BCUT2D eigenvalue weighted by molar-refractivity contribution is 5.48. The normalized spacial score (nSPS) is 20.4. The lowest BCUT2D eigenvalue weighted by molar-refractivity contribution is -0.168. The Kier molecular flexibility index (Phi) is 10.5. The number of nitrogens with zero attached hydrogens (tertiary/aromatic N) is 3. The zero-order valence-electron chi connectivity index (χ0n) is 32.5. The molecule has 6 nitrogen and oxygen atoms in total. The summed E-state index contributed by atoms with van der Waals surface area (Å²) in [5, 5.41) is 33.0. The van der Waals surface area contributed by atoms with E-state index in [1.54, 1.807) is 0 Å². The number of phenols is 3. The summed E-state index contributed by atoms with van der Waals surface area (Å²) in [5.74, 6) is 1.16. The van der Waals surface area contributed by atoms with Crippen molar-refractivity contribution in [3.05, 3.63) is 86.5 Å². The summed E-state index contributed by atoms with van der Waals surface area (Å²) in [4.78, 5) is 7.69. The van der Waals surface area contributed by atoms with Crippen molar-refractivity contribution in [1.82, 2.24) is 14.7 Å². The molecule has 48 heavy (non-hydrogen) atoms. The first-order valence-electron chi connectivity index (χ1n) is 17.7. The van der Waals surface area contributed by atoms with Crippen LogP contribution in [-0.2, 0) is 35.9 Å². The zero-order valence-corrected chi connectivity index (χ0v) is 32.5. The number of aromatic hydroxyl groups is 3. The minimum Gasteiger partial charge on any atom is -0.507 e. The predicted molar refractivity (Wildman–Crippen MR) is 200 cm³/mol. The molecule has 3 aromatic carbocycles. The van der Waals surface area contributed by atoms with Gasteiger partial charge in [-0.15, -0.1) is 0 Å². The number of hydrogen-bond acceptors (Lipinski definition) is 6. The van der Waals surface area contributed by atoms with Crippen LogP contribution < -0.4 is 0 Å². The molecule has 0 aliphatic carbocycles. The van der Waals surface area contributed by atoms with Crippen LogP contribution in [0.15, 0.2) is 36.4 Å². The molecule has 1 fully saturated rings. The van der Waals surface area contributed by atoms with Crippen LogP contribution in [0.5, 0.6) is 17.2 Å². The lowest BCUT2D eigenvalue weighted by Gasteiger charge is -2.56. The fourth-order valence-electron chi connectivity index (χ4n) is 7.49. The summed E-state index contributed by atoms with van der Waals surface area (Å²) < 4.78 is 0. The molecule has 4 rings (SSSR count). The van der Waals surface area contributed by atoms with E-state index in [9.17, 15) is 15.3 Å². The van der Waals surface area contributed by atoms with Gasteiger partial charge in [-0.3, -0.25) is 14.7 Å². The second kappa shape index (κ2) is 13.3. The topological polar surface area (TPSA) is 70.4 Å². The summed E-state index contributed by atoms with van der Waals surface area (Å²) in [6.07, 6.45) is 0.326. The van der Waals surface area contributed by atoms with Crippen LogP contribution in [0.4, 0.5) is 0 Å². The third kappa shape index (κ3) is 7.72. The maximum atomic E-state index is 11.0. The van der Waals surface area contributed by atoms with Gasteiger partial charge < -0.3 is 15.3 Å². The Morgan fingerprint density at radius 1 is 0.438 bits per heavy atom. The number of phenolic OH excluding ortho intramolecular Hbond substituents is 3. The van der Waals surface area contributed by atoms with Gasteiger partial charge in [0.15, 0.2) is 0 Å². The molecule has 1 aliphatic heterocycles. The first kappa shape index (κ1) is 37.8. The summed E-state index contributed by atoms with van der Waals surface area (Å²) in [6.45, 7) is 34.5. The van der Waals surface area contributed by atoms with Gasteiger partial charge in [0, 0.05) is 19.6 Å². The molecule has 1 aliphatic rings. The molecular formula is C42H63N3O3. The molecule has 0 amide bonds. The Labute approximate surface area is 291 Å². The molecule has 1 saturated heterocycles. The van der Waals surface area contributed by atoms with E-state index in [0.29, 0.717) is 17.2 Å². The maximum absolute atomic E-state index is 11.0. The van der Waals surface area contributed by atoms with Gasteiger partial charge in [-0.1, -0.05) is 98.7 Å². The van der Waals surface area contributed by atoms with Gasteiger partial charge in [0.2, 0.25) is 0 Å². The van der Waals surface area contributed by atoms with Crippen molar-refractivity contribution < 1.29 is 15.3 Å². The van der Waals surface area contributed by atoms with Crippen LogP contribution in [0.2, 0.25) is 0 Å². The van der Waals surface area contributed by atoms with Gasteiger partial charge in [-0.2, -0.15) is 0 Å². The van der Waals surface area contributed by atoms with Gasteiger partial charge in [-0.25, -0.2) is 0 Å². The van der Waals surface area contributed by atoms with Crippen LogP contribution in [0.1, 0.15) is 133 Å². The molecule has 0 atom stereocenters. The minimum atomic E-state index is -0.181. The van der Waals surface area contributed by atoms with E-state index in [0.717, 1.165) is 53.0 Å². The average Bonchev–Trinajstić information content (AvgIpc) is 2.94. The molecule has 1 heterocycles. The van der Waals surface area contributed by atoms with E-state index >= 15 is 0 Å². The highest BCUT2D eigenvalue weighted by atomic mass is 16.3. The van der Waals surface area contributed by atoms with Crippen molar-refractivity contribution >= 4 is 0 Å². The Hall–Kier alpha value is -3.06. The lowest BCUT2D eigenvalue weighted by atomic mass is 9.84. The molecule has 3 aromatic rings. The van der Waals surface area contributed by atoms with Gasteiger partial charge in [0.05, 0.1) is 18.5 Å². The fraction of sp³-hybridized carbons (Fsp3) is 0.571. The highest BCUT2D eigenvalue weighted by Gasteiger charge is 2.41. The smallest absolute Gasteiger partial charge is 0.122 e. The molecule has 0 unspecified atom stereocenters. The summed E-state index contributed by atoms with van der Waals surface area (Å²) in [7, 11) is 0. The standard InChI is InChI=1S/C42H63N3O3/c1-25-16-31(19-34(37(25)46)40(7,8)9)22-43-28(4)44(23-32-17-26(2)38(47)35(20-32)41(10,11)12)30(6)45(29(43)5)24-33-18-27(3)39(48)36(21-33)42(13,14)15/h16-21,28-30,46-48H,22-24H2,1-15H3. The second-order valence-corrected chi connectivity index (χ2v) is 17.6. The molecule has 3 N–H and O–H groups in total. The second-order valence-electron chi connectivity index (χ2n) is 17.6. The molecule has 6 heteroatoms. The molecule has 0 radical (unpaired) electrons. The van der Waals surface area contributed by atoms with E-state index in [-0.39, 0.29) is 34.7 Å². The molecule has 0 bridgehead atoms. The Morgan fingerprint density at radius 2 is 0.646 bits per heavy atom. The van der Waals surface area contributed by atoms with Crippen molar-refractivity contribution in [2.75, 3.05) is 0 Å². The molecular weight excluding hydrogens is 594 g/mol. The third-order valence-corrected chi connectivity index (χ3v) is 10.5. The van der Waals surface area contributed by atoms with Crippen molar-refractivity contribution in [2.45, 2.75) is 158 Å². The Balaban J connectivity index is 1.81. The van der Waals surface area contributed by atoms with Crippen LogP contribution in [0.3, 0.4) is 0 Å². The van der Waals surface area contributed by atoms with Gasteiger partial charge in [0.25, 0.3) is 0 Å². The van der Waals surface area contributed by atoms with E-state index in [1.807, 2.05) is 20.8 Å². The first-order chi connectivity index (χ1) is 21.9. The van der Waals surface area contributed by atoms with Gasteiger partial charge >= 0.3 is 0 Å². The number of benzene rings is 3. The van der Waals surface area contributed by atoms with E-state index in [1.165, 1.54) is 16.7 Å². The molecule has 264 valence electrons. The van der Waals surface area contributed by atoms with Crippen LogP contribution in [0.25, 0.3) is 0 Å². The molecule has 0 saturated carbocycles. The zero-order chi connectivity index (χ0) is 36.3. The monoisotopic (exact) mass is 657 g/mol. The SMILES string of the molecule is Cc1cc(CN2C(C)N(Cc3cc(C)c(O)c(C(C)(C)C)c3)C(C)N(Cc3cc(C)c(O)c(C(C)(C)C)c3)C2C)cc(C(C)(C)C)c1O.